The fraction of sp³-hybridized carbons (Fsp3) is 0.714. The van der Waals surface area contributed by atoms with E-state index in [4.69, 9.17) is 9.47 Å². The summed E-state index contributed by atoms with van der Waals surface area (Å²) in [6.45, 7) is 8.19. The summed E-state index contributed by atoms with van der Waals surface area (Å²) < 4.78 is 10.1. The number of carbonyl (C=O) groups excluding carboxylic acids is 2. The van der Waals surface area contributed by atoms with E-state index >= 15 is 0 Å². The average molecular weight is 256 g/mol. The molecule has 0 aromatic heterocycles. The molecule has 0 aliphatic carbocycles. The molecule has 0 N–H and O–H groups in total. The molecule has 0 saturated heterocycles. The highest BCUT2D eigenvalue weighted by molar-refractivity contribution is 5.99. The summed E-state index contributed by atoms with van der Waals surface area (Å²) in [7, 11) is 0. The van der Waals surface area contributed by atoms with Crippen LogP contribution < -0.4 is 0 Å². The molecule has 104 valence electrons. The van der Waals surface area contributed by atoms with Gasteiger partial charge < -0.3 is 9.47 Å². The molecule has 0 heterocycles. The van der Waals surface area contributed by atoms with E-state index in [0.717, 1.165) is 19.3 Å². The summed E-state index contributed by atoms with van der Waals surface area (Å²) in [4.78, 5) is 23.5. The van der Waals surface area contributed by atoms with Gasteiger partial charge in [0.25, 0.3) is 0 Å². The van der Waals surface area contributed by atoms with Crippen LogP contribution in [0.15, 0.2) is 11.1 Å². The highest BCUT2D eigenvalue weighted by Gasteiger charge is 2.18. The first-order chi connectivity index (χ1) is 8.58. The van der Waals surface area contributed by atoms with Gasteiger partial charge in [-0.25, -0.2) is 9.59 Å². The van der Waals surface area contributed by atoms with E-state index < -0.39 is 11.9 Å². The molecule has 0 aliphatic heterocycles. The van der Waals surface area contributed by atoms with Crippen molar-refractivity contribution in [1.29, 1.82) is 0 Å². The van der Waals surface area contributed by atoms with Crippen LogP contribution in [0.1, 0.15) is 53.4 Å². The quantitative estimate of drug-likeness (QED) is 0.495. The second-order valence-electron chi connectivity index (χ2n) is 4.13. The summed E-state index contributed by atoms with van der Waals surface area (Å²) >= 11 is 0. The zero-order chi connectivity index (χ0) is 14.0. The second kappa shape index (κ2) is 9.68. The molecule has 0 aliphatic rings. The summed E-state index contributed by atoms with van der Waals surface area (Å²) in [5.41, 5.74) is 0.804. The Kier molecular flexibility index (Phi) is 8.97. The van der Waals surface area contributed by atoms with Gasteiger partial charge >= 0.3 is 11.9 Å². The summed E-state index contributed by atoms with van der Waals surface area (Å²) in [5, 5.41) is 0. The molecule has 0 aromatic carbocycles. The lowest BCUT2D eigenvalue weighted by Gasteiger charge is -2.10. The third-order valence-electron chi connectivity index (χ3n) is 2.38. The lowest BCUT2D eigenvalue weighted by Crippen LogP contribution is -2.16. The standard InChI is InChI=1S/C14H24O4/c1-5-8-12(14(16)18-10-7-3)11(4)13(15)17-9-6-2/h5-10H2,1-4H3/b12-11-. The second-order valence-corrected chi connectivity index (χ2v) is 4.13. The smallest absolute Gasteiger partial charge is 0.334 e. The Bertz CT molecular complexity index is 305. The van der Waals surface area contributed by atoms with E-state index in [1.807, 2.05) is 20.8 Å². The van der Waals surface area contributed by atoms with Gasteiger partial charge in [0, 0.05) is 11.1 Å². The third kappa shape index (κ3) is 5.84. The molecule has 0 rings (SSSR count). The van der Waals surface area contributed by atoms with E-state index in [9.17, 15) is 9.59 Å². The van der Waals surface area contributed by atoms with Crippen LogP contribution in [0.3, 0.4) is 0 Å². The molecule has 18 heavy (non-hydrogen) atoms. The van der Waals surface area contributed by atoms with Gasteiger partial charge in [-0.05, 0) is 26.2 Å². The molecule has 4 nitrogen and oxygen atoms in total. The van der Waals surface area contributed by atoms with Gasteiger partial charge in [0.15, 0.2) is 0 Å². The Balaban J connectivity index is 4.80. The lowest BCUT2D eigenvalue weighted by molar-refractivity contribution is -0.142. The Hall–Kier alpha value is -1.32. The van der Waals surface area contributed by atoms with Crippen molar-refractivity contribution < 1.29 is 19.1 Å². The zero-order valence-electron chi connectivity index (χ0n) is 11.9. The van der Waals surface area contributed by atoms with Gasteiger partial charge in [0.1, 0.15) is 0 Å². The van der Waals surface area contributed by atoms with Crippen LogP contribution in [-0.2, 0) is 19.1 Å². The number of hydrogen-bond acceptors (Lipinski definition) is 4. The minimum absolute atomic E-state index is 0.367. The maximum absolute atomic E-state index is 11.8. The Morgan fingerprint density at radius 1 is 0.833 bits per heavy atom. The van der Waals surface area contributed by atoms with Crippen LogP contribution in [0.5, 0.6) is 0 Å². The van der Waals surface area contributed by atoms with Crippen molar-refractivity contribution in [2.45, 2.75) is 53.4 Å². The number of ether oxygens (including phenoxy) is 2. The highest BCUT2D eigenvalue weighted by atomic mass is 16.5. The van der Waals surface area contributed by atoms with Gasteiger partial charge in [-0.15, -0.1) is 0 Å². The highest BCUT2D eigenvalue weighted by Crippen LogP contribution is 2.15. The van der Waals surface area contributed by atoms with Gasteiger partial charge in [0.05, 0.1) is 13.2 Å². The lowest BCUT2D eigenvalue weighted by atomic mass is 10.1. The molecule has 0 aromatic rings. The normalized spacial score (nSPS) is 11.8. The minimum Gasteiger partial charge on any atom is -0.462 e. The molecule has 0 atom stereocenters. The first-order valence-corrected chi connectivity index (χ1v) is 6.62. The minimum atomic E-state index is -0.422. The predicted octanol–water partition coefficient (Wildman–Crippen LogP) is 3.01. The maximum atomic E-state index is 11.8. The van der Waals surface area contributed by atoms with E-state index in [1.165, 1.54) is 0 Å². The SMILES string of the molecule is CCCOC(=O)/C(C)=C(/CCC)C(=O)OCCC. The van der Waals surface area contributed by atoms with Crippen molar-refractivity contribution in [3.63, 3.8) is 0 Å². The summed E-state index contributed by atoms with van der Waals surface area (Å²) in [6, 6.07) is 0. The first-order valence-electron chi connectivity index (χ1n) is 6.62. The van der Waals surface area contributed by atoms with Crippen LogP contribution in [0.25, 0.3) is 0 Å². The Labute approximate surface area is 109 Å². The summed E-state index contributed by atoms with van der Waals surface area (Å²) in [5.74, 6) is -0.821. The Morgan fingerprint density at radius 3 is 1.78 bits per heavy atom. The van der Waals surface area contributed by atoms with Gasteiger partial charge in [-0.1, -0.05) is 27.2 Å². The molecule has 4 heteroatoms. The molecular formula is C14H24O4. The number of carbonyl (C=O) groups is 2. The molecular weight excluding hydrogens is 232 g/mol. The van der Waals surface area contributed by atoms with E-state index in [2.05, 4.69) is 0 Å². The molecule has 0 amide bonds. The summed E-state index contributed by atoms with van der Waals surface area (Å²) in [6.07, 6.45) is 2.86. The van der Waals surface area contributed by atoms with E-state index in [1.54, 1.807) is 6.92 Å². The predicted molar refractivity (Wildman–Crippen MR) is 70.1 cm³/mol. The number of hydrogen-bond donors (Lipinski definition) is 0. The third-order valence-corrected chi connectivity index (χ3v) is 2.38. The van der Waals surface area contributed by atoms with Crippen molar-refractivity contribution >= 4 is 11.9 Å². The monoisotopic (exact) mass is 256 g/mol. The maximum Gasteiger partial charge on any atom is 0.334 e. The van der Waals surface area contributed by atoms with Gasteiger partial charge in [-0.2, -0.15) is 0 Å². The van der Waals surface area contributed by atoms with Crippen molar-refractivity contribution in [3.05, 3.63) is 11.1 Å². The van der Waals surface area contributed by atoms with Crippen molar-refractivity contribution in [2.75, 3.05) is 13.2 Å². The fourth-order valence-corrected chi connectivity index (χ4v) is 1.40. The molecule has 0 bridgehead atoms. The van der Waals surface area contributed by atoms with Crippen LogP contribution >= 0.6 is 0 Å². The Morgan fingerprint density at radius 2 is 1.33 bits per heavy atom. The van der Waals surface area contributed by atoms with E-state index in [-0.39, 0.29) is 0 Å². The largest absolute Gasteiger partial charge is 0.462 e. The molecule has 0 radical (unpaired) electrons. The topological polar surface area (TPSA) is 52.6 Å². The zero-order valence-corrected chi connectivity index (χ0v) is 11.9. The molecule has 0 fully saturated rings. The van der Waals surface area contributed by atoms with Crippen molar-refractivity contribution in [2.24, 2.45) is 0 Å². The van der Waals surface area contributed by atoms with Crippen LogP contribution in [0.4, 0.5) is 0 Å². The van der Waals surface area contributed by atoms with Crippen molar-refractivity contribution in [3.8, 4) is 0 Å². The van der Waals surface area contributed by atoms with Gasteiger partial charge in [-0.3, -0.25) is 0 Å². The fourth-order valence-electron chi connectivity index (χ4n) is 1.40. The van der Waals surface area contributed by atoms with Crippen LogP contribution in [0.2, 0.25) is 0 Å². The van der Waals surface area contributed by atoms with Gasteiger partial charge in [0.2, 0.25) is 0 Å². The molecule has 0 spiro atoms. The number of rotatable bonds is 8. The molecule has 0 saturated carbocycles. The van der Waals surface area contributed by atoms with Crippen LogP contribution in [-0.4, -0.2) is 25.2 Å². The average Bonchev–Trinajstić information content (AvgIpc) is 2.38. The molecule has 0 unspecified atom stereocenters. The van der Waals surface area contributed by atoms with Crippen LogP contribution in [0, 0.1) is 0 Å². The van der Waals surface area contributed by atoms with E-state index in [0.29, 0.717) is 30.8 Å². The number of esters is 2. The first kappa shape index (κ1) is 16.7. The van der Waals surface area contributed by atoms with Crippen molar-refractivity contribution in [1.82, 2.24) is 0 Å².